The largest absolute Gasteiger partial charge is 0.493 e. The number of nitrogens with one attached hydrogen (secondary N) is 1. The Morgan fingerprint density at radius 1 is 1.32 bits per heavy atom. The second-order valence-electron chi connectivity index (χ2n) is 5.05. The molecule has 9 heteroatoms. The lowest BCUT2D eigenvalue weighted by Crippen LogP contribution is -2.43. The van der Waals surface area contributed by atoms with Gasteiger partial charge in [-0.1, -0.05) is 6.08 Å². The van der Waals surface area contributed by atoms with Crippen molar-refractivity contribution in [1.82, 2.24) is 5.32 Å². The number of benzene rings is 1. The van der Waals surface area contributed by atoms with Crippen LogP contribution < -0.4 is 14.8 Å². The van der Waals surface area contributed by atoms with E-state index in [-0.39, 0.29) is 11.3 Å². The molecule has 1 rings (SSSR count). The van der Waals surface area contributed by atoms with Crippen LogP contribution in [0.1, 0.15) is 22.3 Å². The van der Waals surface area contributed by atoms with Gasteiger partial charge < -0.3 is 19.9 Å². The predicted octanol–water partition coefficient (Wildman–Crippen LogP) is 2.57. The van der Waals surface area contributed by atoms with Crippen LogP contribution in [-0.4, -0.2) is 43.4 Å². The third-order valence-corrected chi connectivity index (χ3v) is 3.22. The molecule has 1 amide bonds. The second-order valence-corrected chi connectivity index (χ2v) is 5.05. The Hall–Kier alpha value is -2.71. The van der Waals surface area contributed by atoms with E-state index in [1.165, 1.54) is 26.4 Å². The molecule has 0 heterocycles. The SMILES string of the molecule is C=CCc1cc(C(=O)NC(CC(F)(F)F)C(=O)O)cc(OC)c1OC. The maximum atomic E-state index is 12.4. The molecule has 0 fully saturated rings. The molecule has 1 aromatic rings. The fourth-order valence-corrected chi connectivity index (χ4v) is 2.15. The van der Waals surface area contributed by atoms with Gasteiger partial charge in [-0.25, -0.2) is 4.79 Å². The van der Waals surface area contributed by atoms with Crippen molar-refractivity contribution in [2.24, 2.45) is 0 Å². The summed E-state index contributed by atoms with van der Waals surface area (Å²) in [5.41, 5.74) is 0.465. The lowest BCUT2D eigenvalue weighted by molar-refractivity contribution is -0.157. The van der Waals surface area contributed by atoms with Crippen LogP contribution in [0.25, 0.3) is 0 Å². The van der Waals surface area contributed by atoms with Crippen molar-refractivity contribution in [3.05, 3.63) is 35.9 Å². The number of carbonyl (C=O) groups is 2. The normalized spacial score (nSPS) is 12.2. The third kappa shape index (κ3) is 5.70. The maximum Gasteiger partial charge on any atom is 0.391 e. The molecule has 0 aliphatic rings. The number of aliphatic carboxylic acids is 1. The van der Waals surface area contributed by atoms with E-state index in [2.05, 4.69) is 6.58 Å². The van der Waals surface area contributed by atoms with E-state index >= 15 is 0 Å². The maximum absolute atomic E-state index is 12.4. The number of ether oxygens (including phenoxy) is 2. The zero-order chi connectivity index (χ0) is 19.2. The molecule has 25 heavy (non-hydrogen) atoms. The molecule has 0 bridgehead atoms. The first-order valence-electron chi connectivity index (χ1n) is 7.09. The van der Waals surface area contributed by atoms with Gasteiger partial charge in [0.25, 0.3) is 5.91 Å². The fourth-order valence-electron chi connectivity index (χ4n) is 2.15. The molecule has 1 atom stereocenters. The summed E-state index contributed by atoms with van der Waals surface area (Å²) in [6.45, 7) is 3.57. The van der Waals surface area contributed by atoms with Gasteiger partial charge in [0, 0.05) is 11.1 Å². The number of halogens is 3. The summed E-state index contributed by atoms with van der Waals surface area (Å²) in [5.74, 6) is -2.21. The van der Waals surface area contributed by atoms with Crippen molar-refractivity contribution in [3.63, 3.8) is 0 Å². The van der Waals surface area contributed by atoms with Crippen LogP contribution in [0.5, 0.6) is 11.5 Å². The molecule has 0 aromatic heterocycles. The minimum atomic E-state index is -4.73. The monoisotopic (exact) mass is 361 g/mol. The van der Waals surface area contributed by atoms with E-state index < -0.39 is 30.5 Å². The number of hydrogen-bond acceptors (Lipinski definition) is 4. The van der Waals surface area contributed by atoms with Crippen LogP contribution >= 0.6 is 0 Å². The molecular weight excluding hydrogens is 343 g/mol. The van der Waals surface area contributed by atoms with Crippen molar-refractivity contribution in [2.75, 3.05) is 14.2 Å². The highest BCUT2D eigenvalue weighted by atomic mass is 19.4. The van der Waals surface area contributed by atoms with Gasteiger partial charge in [-0.3, -0.25) is 4.79 Å². The van der Waals surface area contributed by atoms with Gasteiger partial charge in [0.2, 0.25) is 0 Å². The van der Waals surface area contributed by atoms with Crippen molar-refractivity contribution in [3.8, 4) is 11.5 Å². The van der Waals surface area contributed by atoms with E-state index in [9.17, 15) is 22.8 Å². The van der Waals surface area contributed by atoms with Gasteiger partial charge in [0.05, 0.1) is 20.6 Å². The fraction of sp³-hybridized carbons (Fsp3) is 0.375. The van der Waals surface area contributed by atoms with Gasteiger partial charge >= 0.3 is 12.1 Å². The minimum absolute atomic E-state index is 0.0528. The zero-order valence-corrected chi connectivity index (χ0v) is 13.6. The number of hydrogen-bond donors (Lipinski definition) is 2. The highest BCUT2D eigenvalue weighted by molar-refractivity contribution is 5.97. The Morgan fingerprint density at radius 2 is 1.96 bits per heavy atom. The number of methoxy groups -OCH3 is 2. The summed E-state index contributed by atoms with van der Waals surface area (Å²) >= 11 is 0. The molecular formula is C16H18F3NO5. The Morgan fingerprint density at radius 3 is 2.40 bits per heavy atom. The van der Waals surface area contributed by atoms with E-state index in [1.54, 1.807) is 6.08 Å². The van der Waals surface area contributed by atoms with Crippen molar-refractivity contribution in [2.45, 2.75) is 25.1 Å². The summed E-state index contributed by atoms with van der Waals surface area (Å²) in [6.07, 6.45) is -4.56. The van der Waals surface area contributed by atoms with Crippen molar-refractivity contribution < 1.29 is 37.3 Å². The molecule has 0 spiro atoms. The van der Waals surface area contributed by atoms with Crippen LogP contribution in [0, 0.1) is 0 Å². The van der Waals surface area contributed by atoms with Crippen molar-refractivity contribution >= 4 is 11.9 Å². The highest BCUT2D eigenvalue weighted by Crippen LogP contribution is 2.33. The first-order chi connectivity index (χ1) is 11.6. The molecule has 6 nitrogen and oxygen atoms in total. The van der Waals surface area contributed by atoms with Crippen LogP contribution in [-0.2, 0) is 11.2 Å². The molecule has 0 aliphatic heterocycles. The lowest BCUT2D eigenvalue weighted by Gasteiger charge is -2.18. The first kappa shape index (κ1) is 20.3. The Balaban J connectivity index is 3.17. The zero-order valence-electron chi connectivity index (χ0n) is 13.6. The van der Waals surface area contributed by atoms with Crippen molar-refractivity contribution in [1.29, 1.82) is 0 Å². The summed E-state index contributed by atoms with van der Waals surface area (Å²) in [6, 6.07) is 0.543. The molecule has 2 N–H and O–H groups in total. The number of allylic oxidation sites excluding steroid dienone is 1. The van der Waals surface area contributed by atoms with Gasteiger partial charge in [0.15, 0.2) is 11.5 Å². The number of carboxylic acid groups (broad SMARTS) is 1. The van der Waals surface area contributed by atoms with Gasteiger partial charge in [-0.15, -0.1) is 6.58 Å². The first-order valence-corrected chi connectivity index (χ1v) is 7.09. The van der Waals surface area contributed by atoms with Crippen LogP contribution in [0.3, 0.4) is 0 Å². The van der Waals surface area contributed by atoms with Crippen LogP contribution in [0.4, 0.5) is 13.2 Å². The van der Waals surface area contributed by atoms with Gasteiger partial charge in [0.1, 0.15) is 6.04 Å². The van der Waals surface area contributed by atoms with Crippen LogP contribution in [0.15, 0.2) is 24.8 Å². The average Bonchev–Trinajstić information content (AvgIpc) is 2.52. The summed E-state index contributed by atoms with van der Waals surface area (Å²) in [5, 5.41) is 10.7. The van der Waals surface area contributed by atoms with Gasteiger partial charge in [-0.05, 0) is 18.6 Å². The van der Waals surface area contributed by atoms with E-state index in [4.69, 9.17) is 14.6 Å². The molecule has 1 aromatic carbocycles. The highest BCUT2D eigenvalue weighted by Gasteiger charge is 2.36. The summed E-state index contributed by atoms with van der Waals surface area (Å²) in [7, 11) is 2.73. The van der Waals surface area contributed by atoms with Crippen LogP contribution in [0.2, 0.25) is 0 Å². The van der Waals surface area contributed by atoms with E-state index in [1.807, 2.05) is 5.32 Å². The minimum Gasteiger partial charge on any atom is -0.493 e. The quantitative estimate of drug-likeness (QED) is 0.695. The summed E-state index contributed by atoms with van der Waals surface area (Å²) < 4.78 is 47.6. The number of alkyl halides is 3. The number of amides is 1. The Labute approximate surface area is 142 Å². The smallest absolute Gasteiger partial charge is 0.391 e. The second kappa shape index (κ2) is 8.41. The standard InChI is InChI=1S/C16H18F3NO5/c1-4-5-9-6-10(7-12(24-2)13(9)25-3)14(21)20-11(15(22)23)8-16(17,18)19/h4,6-7,11H,1,5,8H2,2-3H3,(H,20,21)(H,22,23). The van der Waals surface area contributed by atoms with E-state index in [0.29, 0.717) is 17.7 Å². The molecule has 138 valence electrons. The number of carbonyl (C=O) groups excluding carboxylic acids is 1. The molecule has 0 aliphatic carbocycles. The molecule has 0 saturated heterocycles. The molecule has 0 saturated carbocycles. The molecule has 1 unspecified atom stereocenters. The Kier molecular flexibility index (Phi) is 6.84. The summed E-state index contributed by atoms with van der Waals surface area (Å²) in [4.78, 5) is 23.2. The number of rotatable bonds is 8. The predicted molar refractivity (Wildman–Crippen MR) is 83.0 cm³/mol. The topological polar surface area (TPSA) is 84.9 Å². The lowest BCUT2D eigenvalue weighted by atomic mass is 10.0. The van der Waals surface area contributed by atoms with E-state index in [0.717, 1.165) is 0 Å². The number of carboxylic acids is 1. The average molecular weight is 361 g/mol. The third-order valence-electron chi connectivity index (χ3n) is 3.22. The Bertz CT molecular complexity index is 658. The molecule has 0 radical (unpaired) electrons. The van der Waals surface area contributed by atoms with Gasteiger partial charge in [-0.2, -0.15) is 13.2 Å².